The van der Waals surface area contributed by atoms with Gasteiger partial charge in [0.05, 0.1) is 10.2 Å². The minimum Gasteiger partial charge on any atom is -0.343 e. The average Bonchev–Trinajstić information content (AvgIpc) is 2.72. The van der Waals surface area contributed by atoms with Crippen LogP contribution in [0.25, 0.3) is 10.2 Å². The normalized spacial score (nSPS) is 18.8. The number of anilines is 1. The Bertz CT molecular complexity index is 546. The van der Waals surface area contributed by atoms with Crippen molar-refractivity contribution in [1.29, 1.82) is 0 Å². The van der Waals surface area contributed by atoms with Gasteiger partial charge in [0.2, 0.25) is 0 Å². The molecule has 1 aromatic heterocycles. The van der Waals surface area contributed by atoms with Crippen LogP contribution in [0, 0.1) is 0 Å². The van der Waals surface area contributed by atoms with Gasteiger partial charge in [0.1, 0.15) is 0 Å². The number of fused-ring (bicyclic) bond motifs is 1. The van der Waals surface area contributed by atoms with E-state index >= 15 is 0 Å². The van der Waals surface area contributed by atoms with Crippen LogP contribution in [0.5, 0.6) is 0 Å². The van der Waals surface area contributed by atoms with E-state index in [2.05, 4.69) is 22.1 Å². The molecule has 1 saturated heterocycles. The topological polar surface area (TPSA) is 28.2 Å². The van der Waals surface area contributed by atoms with E-state index in [1.54, 1.807) is 11.3 Å². The Hall–Kier alpha value is -0.260. The zero-order valence-corrected chi connectivity index (χ0v) is 13.6. The molecule has 1 atom stereocenters. The van der Waals surface area contributed by atoms with Crippen LogP contribution >= 0.6 is 47.8 Å². The van der Waals surface area contributed by atoms with Crippen molar-refractivity contribution in [2.45, 2.75) is 13.0 Å². The minimum absolute atomic E-state index is 0. The van der Waals surface area contributed by atoms with Gasteiger partial charge in [-0.15, -0.1) is 24.8 Å². The van der Waals surface area contributed by atoms with Gasteiger partial charge >= 0.3 is 0 Å². The molecule has 1 aliphatic heterocycles. The third-order valence-electron chi connectivity index (χ3n) is 3.09. The monoisotopic (exact) mass is 339 g/mol. The van der Waals surface area contributed by atoms with Crippen LogP contribution in [0.3, 0.4) is 0 Å². The number of halogens is 3. The summed E-state index contributed by atoms with van der Waals surface area (Å²) in [6.45, 7) is 5.30. The predicted octanol–water partition coefficient (Wildman–Crippen LogP) is 3.59. The Kier molecular flexibility index (Phi) is 6.15. The maximum Gasteiger partial charge on any atom is 0.186 e. The third kappa shape index (κ3) is 3.44. The van der Waals surface area contributed by atoms with Crippen molar-refractivity contribution in [1.82, 2.24) is 10.3 Å². The SMILES string of the molecule is CC1CNCCN1c1nc2ccc(Cl)cc2s1.Cl.Cl. The molecule has 19 heavy (non-hydrogen) atoms. The van der Waals surface area contributed by atoms with Crippen molar-refractivity contribution >= 4 is 63.1 Å². The molecule has 3 rings (SSSR count). The lowest BCUT2D eigenvalue weighted by Crippen LogP contribution is -2.49. The standard InChI is InChI=1S/C12H14ClN3S.2ClH/c1-8-7-14-4-5-16(8)12-15-10-3-2-9(13)6-11(10)17-12;;/h2-3,6,8,14H,4-5,7H2,1H3;2*1H. The van der Waals surface area contributed by atoms with E-state index < -0.39 is 0 Å². The van der Waals surface area contributed by atoms with E-state index in [9.17, 15) is 0 Å². The van der Waals surface area contributed by atoms with Gasteiger partial charge in [-0.1, -0.05) is 22.9 Å². The predicted molar refractivity (Wildman–Crippen MR) is 88.8 cm³/mol. The Labute approximate surface area is 134 Å². The van der Waals surface area contributed by atoms with E-state index in [4.69, 9.17) is 11.6 Å². The van der Waals surface area contributed by atoms with Gasteiger partial charge < -0.3 is 10.2 Å². The van der Waals surface area contributed by atoms with Crippen LogP contribution in [-0.4, -0.2) is 30.7 Å². The van der Waals surface area contributed by atoms with E-state index in [1.165, 1.54) is 4.70 Å². The Morgan fingerprint density at radius 1 is 1.42 bits per heavy atom. The highest BCUT2D eigenvalue weighted by molar-refractivity contribution is 7.22. The number of piperazine rings is 1. The number of nitrogens with zero attached hydrogens (tertiary/aromatic N) is 2. The smallest absolute Gasteiger partial charge is 0.186 e. The molecule has 1 aromatic carbocycles. The molecule has 2 heterocycles. The van der Waals surface area contributed by atoms with E-state index in [-0.39, 0.29) is 24.8 Å². The average molecular weight is 341 g/mol. The maximum absolute atomic E-state index is 6.00. The fourth-order valence-corrected chi connectivity index (χ4v) is 3.50. The molecule has 1 N–H and O–H groups in total. The minimum atomic E-state index is 0. The molecular weight excluding hydrogens is 325 g/mol. The van der Waals surface area contributed by atoms with Crippen LogP contribution in [0.2, 0.25) is 5.02 Å². The summed E-state index contributed by atoms with van der Waals surface area (Å²) < 4.78 is 1.17. The molecule has 106 valence electrons. The first kappa shape index (κ1) is 16.8. The number of thiazole rings is 1. The number of rotatable bonds is 1. The Morgan fingerprint density at radius 2 is 2.21 bits per heavy atom. The fraction of sp³-hybridized carbons (Fsp3) is 0.417. The molecule has 1 aliphatic rings. The molecule has 0 spiro atoms. The molecule has 7 heteroatoms. The highest BCUT2D eigenvalue weighted by Crippen LogP contribution is 2.31. The highest BCUT2D eigenvalue weighted by atomic mass is 35.5. The van der Waals surface area contributed by atoms with Crippen molar-refractivity contribution < 1.29 is 0 Å². The summed E-state index contributed by atoms with van der Waals surface area (Å²) in [5, 5.41) is 5.28. The van der Waals surface area contributed by atoms with E-state index in [0.717, 1.165) is 35.3 Å². The second-order valence-corrected chi connectivity index (χ2v) is 5.80. The molecule has 0 aliphatic carbocycles. The molecule has 0 bridgehead atoms. The molecule has 3 nitrogen and oxygen atoms in total. The van der Waals surface area contributed by atoms with Gasteiger partial charge in [0.25, 0.3) is 0 Å². The van der Waals surface area contributed by atoms with Gasteiger partial charge in [0.15, 0.2) is 5.13 Å². The number of nitrogens with one attached hydrogen (secondary N) is 1. The number of hydrogen-bond acceptors (Lipinski definition) is 4. The summed E-state index contributed by atoms with van der Waals surface area (Å²) in [7, 11) is 0. The number of benzene rings is 1. The Morgan fingerprint density at radius 3 is 2.95 bits per heavy atom. The lowest BCUT2D eigenvalue weighted by atomic mass is 10.2. The van der Waals surface area contributed by atoms with Crippen LogP contribution < -0.4 is 10.2 Å². The van der Waals surface area contributed by atoms with Gasteiger partial charge in [-0.05, 0) is 25.1 Å². The lowest BCUT2D eigenvalue weighted by molar-refractivity contribution is 0.500. The zero-order valence-electron chi connectivity index (χ0n) is 10.4. The van der Waals surface area contributed by atoms with Gasteiger partial charge in [-0.3, -0.25) is 0 Å². The molecule has 1 fully saturated rings. The van der Waals surface area contributed by atoms with Crippen molar-refractivity contribution in [3.63, 3.8) is 0 Å². The first-order valence-electron chi connectivity index (χ1n) is 5.77. The van der Waals surface area contributed by atoms with Gasteiger partial charge in [0, 0.05) is 30.7 Å². The Balaban J connectivity index is 0.000000902. The highest BCUT2D eigenvalue weighted by Gasteiger charge is 2.21. The van der Waals surface area contributed by atoms with E-state index in [0.29, 0.717) is 6.04 Å². The quantitative estimate of drug-likeness (QED) is 0.860. The second kappa shape index (κ2) is 6.95. The van der Waals surface area contributed by atoms with Crippen molar-refractivity contribution in [2.75, 3.05) is 24.5 Å². The van der Waals surface area contributed by atoms with Crippen LogP contribution in [0.4, 0.5) is 5.13 Å². The van der Waals surface area contributed by atoms with Crippen LogP contribution in [0.15, 0.2) is 18.2 Å². The summed E-state index contributed by atoms with van der Waals surface area (Å²) in [5.74, 6) is 0. The summed E-state index contributed by atoms with van der Waals surface area (Å²) in [6.07, 6.45) is 0. The molecule has 0 radical (unpaired) electrons. The summed E-state index contributed by atoms with van der Waals surface area (Å²) in [6, 6.07) is 6.38. The fourth-order valence-electron chi connectivity index (χ4n) is 2.13. The van der Waals surface area contributed by atoms with Crippen molar-refractivity contribution in [3.05, 3.63) is 23.2 Å². The second-order valence-electron chi connectivity index (χ2n) is 4.36. The first-order chi connectivity index (χ1) is 8.24. The maximum atomic E-state index is 6.00. The largest absolute Gasteiger partial charge is 0.343 e. The molecular formula is C12H16Cl3N3S. The third-order valence-corrected chi connectivity index (χ3v) is 4.38. The first-order valence-corrected chi connectivity index (χ1v) is 6.97. The number of aromatic nitrogens is 1. The molecule has 0 saturated carbocycles. The summed E-state index contributed by atoms with van der Waals surface area (Å²) in [5.41, 5.74) is 1.04. The molecule has 1 unspecified atom stereocenters. The van der Waals surface area contributed by atoms with Gasteiger partial charge in [-0.25, -0.2) is 4.98 Å². The number of hydrogen-bond donors (Lipinski definition) is 1. The van der Waals surface area contributed by atoms with Gasteiger partial charge in [-0.2, -0.15) is 0 Å². The van der Waals surface area contributed by atoms with E-state index in [1.807, 2.05) is 18.2 Å². The van der Waals surface area contributed by atoms with Crippen LogP contribution in [0.1, 0.15) is 6.92 Å². The summed E-state index contributed by atoms with van der Waals surface area (Å²) in [4.78, 5) is 7.06. The summed E-state index contributed by atoms with van der Waals surface area (Å²) >= 11 is 7.72. The van der Waals surface area contributed by atoms with Crippen molar-refractivity contribution in [3.8, 4) is 0 Å². The van der Waals surface area contributed by atoms with Crippen molar-refractivity contribution in [2.24, 2.45) is 0 Å². The van der Waals surface area contributed by atoms with Crippen LogP contribution in [-0.2, 0) is 0 Å². The zero-order chi connectivity index (χ0) is 11.8. The molecule has 2 aromatic rings. The molecule has 0 amide bonds. The lowest BCUT2D eigenvalue weighted by Gasteiger charge is -2.33.